The molecule has 0 atom stereocenters. The van der Waals surface area contributed by atoms with Crippen LogP contribution in [-0.4, -0.2) is 58.8 Å². The molecule has 0 aliphatic heterocycles. The van der Waals surface area contributed by atoms with Gasteiger partial charge in [-0.05, 0) is 41.5 Å². The van der Waals surface area contributed by atoms with E-state index in [0.29, 0.717) is 17.5 Å². The summed E-state index contributed by atoms with van der Waals surface area (Å²) in [6, 6.07) is 48.3. The molecular formula is C45H33B5N4O. The molecule has 10 heteroatoms. The summed E-state index contributed by atoms with van der Waals surface area (Å²) in [5, 5.41) is 4.44. The highest BCUT2D eigenvalue weighted by molar-refractivity contribution is 6.69. The van der Waals surface area contributed by atoms with Gasteiger partial charge in [0.1, 0.15) is 50.4 Å². The van der Waals surface area contributed by atoms with E-state index in [1.807, 2.05) is 72.8 Å². The molecule has 3 aromatic heterocycles. The van der Waals surface area contributed by atoms with Crippen LogP contribution in [0.2, 0.25) is 0 Å². The molecule has 55 heavy (non-hydrogen) atoms. The van der Waals surface area contributed by atoms with E-state index in [1.165, 1.54) is 49.2 Å². The van der Waals surface area contributed by atoms with Crippen molar-refractivity contribution in [2.45, 2.75) is 0 Å². The van der Waals surface area contributed by atoms with Crippen LogP contribution in [0.15, 0.2) is 144 Å². The Hall–Kier alpha value is -6.53. The molecule has 0 unspecified atom stereocenters. The third-order valence-corrected chi connectivity index (χ3v) is 11.6. The Kier molecular flexibility index (Phi) is 7.70. The number of nitrogens with zero attached hydrogens (tertiary/aromatic N) is 4. The van der Waals surface area contributed by atoms with Crippen LogP contribution in [0.1, 0.15) is 0 Å². The number of hydrogen-bond donors (Lipinski definition) is 0. The molecule has 10 rings (SSSR count). The first-order chi connectivity index (χ1) is 26.9. The molecule has 0 aliphatic carbocycles. The van der Waals surface area contributed by atoms with Crippen molar-refractivity contribution in [1.82, 2.24) is 19.5 Å². The molecule has 0 saturated carbocycles. The number of hydrogen-bond acceptors (Lipinski definition) is 4. The van der Waals surface area contributed by atoms with Crippen LogP contribution in [0.4, 0.5) is 0 Å². The molecule has 5 nitrogen and oxygen atoms in total. The third kappa shape index (κ3) is 5.12. The summed E-state index contributed by atoms with van der Waals surface area (Å²) in [5.74, 6) is 1.84. The zero-order valence-electron chi connectivity index (χ0n) is 31.5. The van der Waals surface area contributed by atoms with Gasteiger partial charge >= 0.3 is 0 Å². The summed E-state index contributed by atoms with van der Waals surface area (Å²) in [5.41, 5.74) is 17.0. The maximum absolute atomic E-state index is 6.68. The zero-order chi connectivity index (χ0) is 37.4. The number of fused-ring (bicyclic) bond motifs is 6. The molecule has 0 radical (unpaired) electrons. The van der Waals surface area contributed by atoms with Crippen LogP contribution in [0.5, 0.6) is 0 Å². The second-order valence-electron chi connectivity index (χ2n) is 14.5. The van der Waals surface area contributed by atoms with E-state index in [1.54, 1.807) is 0 Å². The first-order valence-corrected chi connectivity index (χ1v) is 18.8. The number of rotatable bonds is 5. The minimum Gasteiger partial charge on any atom is -0.456 e. The van der Waals surface area contributed by atoms with Gasteiger partial charge in [-0.15, -0.1) is 16.4 Å². The van der Waals surface area contributed by atoms with Crippen LogP contribution in [-0.2, 0) is 0 Å². The predicted molar refractivity (Wildman–Crippen MR) is 244 cm³/mol. The Morgan fingerprint density at radius 3 is 1.58 bits per heavy atom. The lowest BCUT2D eigenvalue weighted by Gasteiger charge is -2.21. The minimum absolute atomic E-state index is 0.594. The summed E-state index contributed by atoms with van der Waals surface area (Å²) in [4.78, 5) is 15.2. The number of para-hydroxylation sites is 1. The summed E-state index contributed by atoms with van der Waals surface area (Å²) in [6.45, 7) is 0. The number of furan rings is 1. The molecule has 0 amide bonds. The predicted octanol–water partition coefficient (Wildman–Crippen LogP) is 2.83. The van der Waals surface area contributed by atoms with Crippen molar-refractivity contribution in [3.63, 3.8) is 0 Å². The largest absolute Gasteiger partial charge is 0.456 e. The highest BCUT2D eigenvalue weighted by Gasteiger charge is 2.24. The van der Waals surface area contributed by atoms with Crippen molar-refractivity contribution in [1.29, 1.82) is 0 Å². The van der Waals surface area contributed by atoms with Gasteiger partial charge in [-0.3, -0.25) is 0 Å². The second-order valence-corrected chi connectivity index (χ2v) is 14.5. The fourth-order valence-electron chi connectivity index (χ4n) is 8.54. The average molecular weight is 700 g/mol. The van der Waals surface area contributed by atoms with E-state index in [4.69, 9.17) is 19.4 Å². The van der Waals surface area contributed by atoms with Gasteiger partial charge in [0.25, 0.3) is 0 Å². The molecule has 7 aromatic carbocycles. The molecule has 3 heterocycles. The molecule has 0 N–H and O–H groups in total. The van der Waals surface area contributed by atoms with Crippen LogP contribution in [0, 0.1) is 0 Å². The first kappa shape index (κ1) is 33.1. The molecule has 0 spiro atoms. The highest BCUT2D eigenvalue weighted by Crippen LogP contribution is 2.43. The number of aromatic nitrogens is 4. The lowest BCUT2D eigenvalue weighted by Crippen LogP contribution is -2.55. The zero-order valence-corrected chi connectivity index (χ0v) is 31.5. The van der Waals surface area contributed by atoms with E-state index in [2.05, 4.69) is 111 Å². The molecule has 10 aromatic rings. The second kappa shape index (κ2) is 12.8. The molecule has 0 aliphatic rings. The molecule has 254 valence electrons. The Labute approximate surface area is 323 Å². The van der Waals surface area contributed by atoms with Gasteiger partial charge in [-0.2, -0.15) is 0 Å². The van der Waals surface area contributed by atoms with E-state index in [9.17, 15) is 0 Å². The molecule has 0 saturated heterocycles. The maximum atomic E-state index is 6.68. The van der Waals surface area contributed by atoms with Crippen LogP contribution in [0.3, 0.4) is 0 Å². The fraction of sp³-hybridized carbons (Fsp3) is 0. The maximum Gasteiger partial charge on any atom is 0.164 e. The van der Waals surface area contributed by atoms with E-state index >= 15 is 0 Å². The van der Waals surface area contributed by atoms with Crippen molar-refractivity contribution >= 4 is 110 Å². The Morgan fingerprint density at radius 2 is 0.909 bits per heavy atom. The minimum atomic E-state index is 0.594. The van der Waals surface area contributed by atoms with Crippen LogP contribution < -0.4 is 27.3 Å². The van der Waals surface area contributed by atoms with Gasteiger partial charge in [0.15, 0.2) is 17.5 Å². The SMILES string of the molecule is Bc1c(B)c(B)c(-c2cccc3c2c2ccccc2n3-c2cccc3oc4cccc(-c5nc(-c6ccccc6)nc(-c6ccccc6)n5)c4c23)c(B)c1B. The molecule has 0 bridgehead atoms. The third-order valence-electron chi connectivity index (χ3n) is 11.6. The van der Waals surface area contributed by atoms with Gasteiger partial charge in [0.2, 0.25) is 0 Å². The normalized spacial score (nSPS) is 11.6. The fourth-order valence-corrected chi connectivity index (χ4v) is 8.54. The van der Waals surface area contributed by atoms with Crippen LogP contribution in [0.25, 0.3) is 94.7 Å². The van der Waals surface area contributed by atoms with E-state index in [0.717, 1.165) is 55.3 Å². The van der Waals surface area contributed by atoms with Crippen LogP contribution >= 0.6 is 0 Å². The van der Waals surface area contributed by atoms with Crippen molar-refractivity contribution in [3.8, 4) is 51.0 Å². The van der Waals surface area contributed by atoms with E-state index < -0.39 is 0 Å². The van der Waals surface area contributed by atoms with Crippen molar-refractivity contribution in [3.05, 3.63) is 140 Å². The molecular weight excluding hydrogens is 667 g/mol. The molecule has 0 fully saturated rings. The summed E-state index contributed by atoms with van der Waals surface area (Å²) < 4.78 is 9.10. The quantitative estimate of drug-likeness (QED) is 0.260. The Balaban J connectivity index is 1.28. The topological polar surface area (TPSA) is 56.7 Å². The highest BCUT2D eigenvalue weighted by atomic mass is 16.3. The van der Waals surface area contributed by atoms with Gasteiger partial charge in [0.05, 0.1) is 22.1 Å². The van der Waals surface area contributed by atoms with Crippen molar-refractivity contribution in [2.24, 2.45) is 0 Å². The first-order valence-electron chi connectivity index (χ1n) is 18.8. The lowest BCUT2D eigenvalue weighted by molar-refractivity contribution is 0.669. The average Bonchev–Trinajstić information content (AvgIpc) is 3.79. The number of benzene rings is 7. The van der Waals surface area contributed by atoms with Crippen molar-refractivity contribution < 1.29 is 4.42 Å². The standard InChI is InChI=1S/C45H33B5N4O/c46-38-36(39(47)41(49)42(50)40(38)48)27-17-9-20-30-34(27)26-16-7-8-19-29(26)54(30)31-21-11-23-33-37(31)35-28(18-10-22-32(35)55-33)45-52-43(24-12-3-1-4-13-24)51-44(53-45)25-14-5-2-6-15-25/h1-23H,46-50H2. The van der Waals surface area contributed by atoms with Gasteiger partial charge in [-0.1, -0.05) is 120 Å². The Bertz CT molecular complexity index is 3070. The summed E-state index contributed by atoms with van der Waals surface area (Å²) in [6.07, 6.45) is 0. The monoisotopic (exact) mass is 700 g/mol. The summed E-state index contributed by atoms with van der Waals surface area (Å²) >= 11 is 0. The van der Waals surface area contributed by atoms with E-state index in [-0.39, 0.29) is 0 Å². The smallest absolute Gasteiger partial charge is 0.164 e. The Morgan fingerprint density at radius 1 is 0.400 bits per heavy atom. The van der Waals surface area contributed by atoms with Gasteiger partial charge < -0.3 is 8.98 Å². The van der Waals surface area contributed by atoms with Gasteiger partial charge in [0, 0.05) is 32.8 Å². The lowest BCUT2D eigenvalue weighted by atomic mass is 9.59. The summed E-state index contributed by atoms with van der Waals surface area (Å²) in [7, 11) is 11.3. The van der Waals surface area contributed by atoms with Gasteiger partial charge in [-0.25, -0.2) is 15.0 Å². The van der Waals surface area contributed by atoms with Crippen molar-refractivity contribution in [2.75, 3.05) is 0 Å².